The molecule has 0 bridgehead atoms. The number of hydrogen-bond donors (Lipinski definition) is 1. The van der Waals surface area contributed by atoms with E-state index >= 15 is 0 Å². The van der Waals surface area contributed by atoms with Gasteiger partial charge in [-0.05, 0) is 43.8 Å². The van der Waals surface area contributed by atoms with Gasteiger partial charge in [0.2, 0.25) is 0 Å². The van der Waals surface area contributed by atoms with Gasteiger partial charge in [-0.15, -0.1) is 0 Å². The van der Waals surface area contributed by atoms with Crippen LogP contribution in [0.2, 0.25) is 0 Å². The SMILES string of the molecule is CCOc1ccccc1N1CCN(C(=S)NCc2ccc(C)cc2)CC1. The van der Waals surface area contributed by atoms with Crippen LogP contribution in [0.15, 0.2) is 48.5 Å². The van der Waals surface area contributed by atoms with Crippen molar-refractivity contribution in [2.24, 2.45) is 0 Å². The molecule has 2 aromatic carbocycles. The monoisotopic (exact) mass is 369 g/mol. The lowest BCUT2D eigenvalue weighted by Gasteiger charge is -2.38. The molecule has 2 aromatic rings. The van der Waals surface area contributed by atoms with Crippen LogP contribution in [0.5, 0.6) is 5.75 Å². The Hall–Kier alpha value is -2.27. The molecule has 0 saturated carbocycles. The zero-order valence-electron chi connectivity index (χ0n) is 15.6. The quantitative estimate of drug-likeness (QED) is 0.813. The van der Waals surface area contributed by atoms with E-state index in [1.54, 1.807) is 0 Å². The van der Waals surface area contributed by atoms with Crippen LogP contribution < -0.4 is 15.0 Å². The number of rotatable bonds is 5. The van der Waals surface area contributed by atoms with Crippen molar-refractivity contribution in [1.29, 1.82) is 0 Å². The highest BCUT2D eigenvalue weighted by Gasteiger charge is 2.21. The van der Waals surface area contributed by atoms with Crippen LogP contribution in [0, 0.1) is 6.92 Å². The molecule has 0 spiro atoms. The summed E-state index contributed by atoms with van der Waals surface area (Å²) in [5, 5.41) is 4.22. The Balaban J connectivity index is 1.51. The Morgan fingerprint density at radius 3 is 2.42 bits per heavy atom. The maximum absolute atomic E-state index is 5.77. The molecule has 3 rings (SSSR count). The summed E-state index contributed by atoms with van der Waals surface area (Å²) in [6.07, 6.45) is 0. The molecule has 1 N–H and O–H groups in total. The molecular weight excluding hydrogens is 342 g/mol. The van der Waals surface area contributed by atoms with Gasteiger partial charge < -0.3 is 19.9 Å². The van der Waals surface area contributed by atoms with Crippen LogP contribution in [0.3, 0.4) is 0 Å². The Labute approximate surface area is 161 Å². The first-order valence-electron chi connectivity index (χ1n) is 9.22. The van der Waals surface area contributed by atoms with Gasteiger partial charge in [0.15, 0.2) is 5.11 Å². The number of thiocarbonyl (C=S) groups is 1. The van der Waals surface area contributed by atoms with Crippen molar-refractivity contribution < 1.29 is 4.74 Å². The Kier molecular flexibility index (Phi) is 6.34. The Bertz CT molecular complexity index is 724. The predicted molar refractivity (Wildman–Crippen MR) is 112 cm³/mol. The molecule has 0 aromatic heterocycles. The van der Waals surface area contributed by atoms with E-state index < -0.39 is 0 Å². The van der Waals surface area contributed by atoms with Crippen molar-refractivity contribution in [2.45, 2.75) is 20.4 Å². The zero-order valence-corrected chi connectivity index (χ0v) is 16.4. The van der Waals surface area contributed by atoms with Gasteiger partial charge in [-0.25, -0.2) is 0 Å². The lowest BCUT2D eigenvalue weighted by Crippen LogP contribution is -2.51. The van der Waals surface area contributed by atoms with Crippen LogP contribution in [-0.4, -0.2) is 42.8 Å². The lowest BCUT2D eigenvalue weighted by molar-refractivity contribution is 0.336. The van der Waals surface area contributed by atoms with Gasteiger partial charge in [-0.3, -0.25) is 0 Å². The molecular formula is C21H27N3OS. The normalized spacial score (nSPS) is 14.2. The minimum atomic E-state index is 0.685. The summed E-state index contributed by atoms with van der Waals surface area (Å²) in [7, 11) is 0. The molecule has 1 saturated heterocycles. The van der Waals surface area contributed by atoms with Gasteiger partial charge in [0.1, 0.15) is 5.75 Å². The number of anilines is 1. The van der Waals surface area contributed by atoms with E-state index in [2.05, 4.69) is 58.4 Å². The fourth-order valence-corrected chi connectivity index (χ4v) is 3.40. The van der Waals surface area contributed by atoms with Crippen molar-refractivity contribution in [3.8, 4) is 5.75 Å². The molecule has 0 radical (unpaired) electrons. The minimum absolute atomic E-state index is 0.685. The second-order valence-corrected chi connectivity index (χ2v) is 6.91. The number of hydrogen-bond acceptors (Lipinski definition) is 3. The summed E-state index contributed by atoms with van der Waals surface area (Å²) in [6, 6.07) is 16.8. The largest absolute Gasteiger partial charge is 0.492 e. The van der Waals surface area contributed by atoms with Gasteiger partial charge in [0, 0.05) is 32.7 Å². The van der Waals surface area contributed by atoms with Gasteiger partial charge in [0.25, 0.3) is 0 Å². The summed E-state index contributed by atoms with van der Waals surface area (Å²) in [4.78, 5) is 4.63. The molecule has 4 nitrogen and oxygen atoms in total. The van der Waals surface area contributed by atoms with Crippen LogP contribution in [0.1, 0.15) is 18.1 Å². The molecule has 138 valence electrons. The van der Waals surface area contributed by atoms with E-state index in [1.165, 1.54) is 16.8 Å². The zero-order chi connectivity index (χ0) is 18.4. The molecule has 26 heavy (non-hydrogen) atoms. The predicted octanol–water partition coefficient (Wildman–Crippen LogP) is 3.59. The maximum Gasteiger partial charge on any atom is 0.169 e. The second kappa shape index (κ2) is 8.90. The molecule has 1 fully saturated rings. The third-order valence-corrected chi connectivity index (χ3v) is 5.04. The summed E-state index contributed by atoms with van der Waals surface area (Å²) in [6.45, 7) is 9.29. The van der Waals surface area contributed by atoms with Crippen LogP contribution in [0.4, 0.5) is 5.69 Å². The third kappa shape index (κ3) is 4.67. The van der Waals surface area contributed by atoms with Crippen molar-refractivity contribution in [2.75, 3.05) is 37.7 Å². The number of nitrogens with one attached hydrogen (secondary N) is 1. The van der Waals surface area contributed by atoms with E-state index in [9.17, 15) is 0 Å². The van der Waals surface area contributed by atoms with Gasteiger partial charge in [-0.2, -0.15) is 0 Å². The smallest absolute Gasteiger partial charge is 0.169 e. The van der Waals surface area contributed by atoms with Crippen molar-refractivity contribution in [1.82, 2.24) is 10.2 Å². The molecule has 0 aliphatic carbocycles. The van der Waals surface area contributed by atoms with Gasteiger partial charge in [0.05, 0.1) is 12.3 Å². The highest BCUT2D eigenvalue weighted by atomic mass is 32.1. The van der Waals surface area contributed by atoms with Crippen molar-refractivity contribution >= 4 is 23.0 Å². The van der Waals surface area contributed by atoms with Crippen LogP contribution >= 0.6 is 12.2 Å². The first kappa shape index (κ1) is 18.5. The second-order valence-electron chi connectivity index (χ2n) is 6.52. The minimum Gasteiger partial charge on any atom is -0.492 e. The standard InChI is InChI=1S/C21H27N3OS/c1-3-25-20-7-5-4-6-19(20)23-12-14-24(15-13-23)21(26)22-16-18-10-8-17(2)9-11-18/h4-11H,3,12-16H2,1-2H3,(H,22,26). The third-order valence-electron chi connectivity index (χ3n) is 4.64. The number of para-hydroxylation sites is 2. The van der Waals surface area contributed by atoms with E-state index in [4.69, 9.17) is 17.0 Å². The lowest BCUT2D eigenvalue weighted by atomic mass is 10.1. The summed E-state index contributed by atoms with van der Waals surface area (Å²) in [5.41, 5.74) is 3.70. The topological polar surface area (TPSA) is 27.7 Å². The Morgan fingerprint density at radius 1 is 1.04 bits per heavy atom. The number of nitrogens with zero attached hydrogens (tertiary/aromatic N) is 2. The average molecular weight is 370 g/mol. The fraction of sp³-hybridized carbons (Fsp3) is 0.381. The molecule has 1 aliphatic rings. The number of aryl methyl sites for hydroxylation is 1. The van der Waals surface area contributed by atoms with Crippen molar-refractivity contribution in [3.05, 3.63) is 59.7 Å². The van der Waals surface area contributed by atoms with Crippen LogP contribution in [0.25, 0.3) is 0 Å². The van der Waals surface area contributed by atoms with Crippen molar-refractivity contribution in [3.63, 3.8) is 0 Å². The number of benzene rings is 2. The highest BCUT2D eigenvalue weighted by molar-refractivity contribution is 7.80. The molecule has 0 unspecified atom stereocenters. The first-order chi connectivity index (χ1) is 12.7. The molecule has 1 aliphatic heterocycles. The average Bonchev–Trinajstić information content (AvgIpc) is 2.68. The Morgan fingerprint density at radius 2 is 1.73 bits per heavy atom. The van der Waals surface area contributed by atoms with E-state index in [1.807, 2.05) is 19.1 Å². The highest BCUT2D eigenvalue weighted by Crippen LogP contribution is 2.28. The summed E-state index contributed by atoms with van der Waals surface area (Å²) < 4.78 is 5.77. The van der Waals surface area contributed by atoms with E-state index in [-0.39, 0.29) is 0 Å². The summed E-state index contributed by atoms with van der Waals surface area (Å²) >= 11 is 5.59. The molecule has 1 heterocycles. The fourth-order valence-electron chi connectivity index (χ4n) is 3.14. The van der Waals surface area contributed by atoms with E-state index in [0.29, 0.717) is 6.61 Å². The number of ether oxygens (including phenoxy) is 1. The molecule has 0 atom stereocenters. The first-order valence-corrected chi connectivity index (χ1v) is 9.63. The molecule has 5 heteroatoms. The van der Waals surface area contributed by atoms with Crippen LogP contribution in [-0.2, 0) is 6.54 Å². The van der Waals surface area contributed by atoms with E-state index in [0.717, 1.165) is 43.6 Å². The molecule has 0 amide bonds. The van der Waals surface area contributed by atoms with Gasteiger partial charge >= 0.3 is 0 Å². The maximum atomic E-state index is 5.77. The number of piperazine rings is 1. The van der Waals surface area contributed by atoms with Gasteiger partial charge in [-0.1, -0.05) is 42.0 Å². The summed E-state index contributed by atoms with van der Waals surface area (Å²) in [5.74, 6) is 0.962.